The van der Waals surface area contributed by atoms with E-state index in [1.54, 1.807) is 12.4 Å². The zero-order valence-electron chi connectivity index (χ0n) is 12.2. The van der Waals surface area contributed by atoms with Gasteiger partial charge in [-0.2, -0.15) is 0 Å². The van der Waals surface area contributed by atoms with E-state index in [0.29, 0.717) is 0 Å². The number of nitrogens with zero attached hydrogens (tertiary/aromatic N) is 4. The van der Waals surface area contributed by atoms with Crippen molar-refractivity contribution in [2.45, 2.75) is 12.5 Å². The summed E-state index contributed by atoms with van der Waals surface area (Å²) < 4.78 is 0. The van der Waals surface area contributed by atoms with Crippen molar-refractivity contribution < 1.29 is 4.79 Å². The smallest absolute Gasteiger partial charge is 0.243 e. The maximum Gasteiger partial charge on any atom is 0.243 e. The summed E-state index contributed by atoms with van der Waals surface area (Å²) in [5, 5.41) is 3.18. The molecule has 2 aliphatic rings. The lowest BCUT2D eigenvalue weighted by molar-refractivity contribution is -0.131. The lowest BCUT2D eigenvalue weighted by Crippen LogP contribution is -2.45. The van der Waals surface area contributed by atoms with E-state index in [1.165, 1.54) is 0 Å². The van der Waals surface area contributed by atoms with Crippen molar-refractivity contribution in [1.82, 2.24) is 20.2 Å². The highest BCUT2D eigenvalue weighted by molar-refractivity contribution is 5.85. The number of hydrogen-bond acceptors (Lipinski definition) is 5. The van der Waals surface area contributed by atoms with Gasteiger partial charge in [0, 0.05) is 45.1 Å². The predicted molar refractivity (Wildman–Crippen MR) is 90.9 cm³/mol. The quantitative estimate of drug-likeness (QED) is 0.806. The van der Waals surface area contributed by atoms with Crippen molar-refractivity contribution >= 4 is 36.7 Å². The Balaban J connectivity index is 0.00000121. The first-order valence-electron chi connectivity index (χ1n) is 7.05. The first kappa shape index (κ1) is 18.7. The Kier molecular flexibility index (Phi) is 7.58. The lowest BCUT2D eigenvalue weighted by atomic mass is 10.2. The van der Waals surface area contributed by atoms with Gasteiger partial charge in [-0.25, -0.2) is 9.97 Å². The normalized spacial score (nSPS) is 20.8. The number of nitrogens with one attached hydrogen (secondary N) is 1. The molecule has 0 aliphatic carbocycles. The minimum atomic E-state index is -0.144. The molecule has 1 atom stereocenters. The largest absolute Gasteiger partial charge is 0.339 e. The van der Waals surface area contributed by atoms with Crippen LogP contribution in [0.4, 0.5) is 5.95 Å². The highest BCUT2D eigenvalue weighted by atomic mass is 35.5. The summed E-state index contributed by atoms with van der Waals surface area (Å²) in [6.45, 7) is 3.99. The second-order valence-electron chi connectivity index (χ2n) is 5.03. The number of rotatable bonds is 2. The Morgan fingerprint density at radius 3 is 2.59 bits per heavy atom. The molecule has 0 aromatic carbocycles. The molecule has 3 heterocycles. The number of anilines is 1. The van der Waals surface area contributed by atoms with Crippen LogP contribution in [0.3, 0.4) is 0 Å². The van der Waals surface area contributed by atoms with Gasteiger partial charge in [-0.15, -0.1) is 24.8 Å². The van der Waals surface area contributed by atoms with E-state index in [0.717, 1.165) is 45.1 Å². The fourth-order valence-corrected chi connectivity index (χ4v) is 2.63. The molecule has 0 saturated carbocycles. The summed E-state index contributed by atoms with van der Waals surface area (Å²) in [5.74, 6) is 0.926. The van der Waals surface area contributed by atoms with Crippen LogP contribution < -0.4 is 10.2 Å². The van der Waals surface area contributed by atoms with Gasteiger partial charge in [0.2, 0.25) is 11.9 Å². The van der Waals surface area contributed by atoms with E-state index in [4.69, 9.17) is 0 Å². The van der Waals surface area contributed by atoms with Crippen molar-refractivity contribution in [2.75, 3.05) is 37.6 Å². The van der Waals surface area contributed by atoms with E-state index in [9.17, 15) is 4.79 Å². The second-order valence-corrected chi connectivity index (χ2v) is 5.03. The zero-order valence-corrected chi connectivity index (χ0v) is 13.9. The maximum atomic E-state index is 12.4. The molecule has 122 valence electrons. The van der Waals surface area contributed by atoms with Crippen LogP contribution in [0.2, 0.25) is 0 Å². The van der Waals surface area contributed by atoms with E-state index in [2.05, 4.69) is 20.2 Å². The van der Waals surface area contributed by atoms with Crippen molar-refractivity contribution in [1.29, 1.82) is 0 Å². The summed E-state index contributed by atoms with van der Waals surface area (Å²) >= 11 is 0. The number of carbonyl (C=O) groups is 1. The van der Waals surface area contributed by atoms with E-state index in [-0.39, 0.29) is 36.8 Å². The molecule has 0 radical (unpaired) electrons. The van der Waals surface area contributed by atoms with E-state index >= 15 is 0 Å². The number of hydrogen-bond donors (Lipinski definition) is 1. The zero-order chi connectivity index (χ0) is 13.8. The Hall–Kier alpha value is -1.37. The molecule has 2 aliphatic heterocycles. The van der Waals surface area contributed by atoms with Crippen molar-refractivity contribution in [2.24, 2.45) is 0 Å². The molecule has 0 bridgehead atoms. The van der Waals surface area contributed by atoms with Gasteiger partial charge in [-0.3, -0.25) is 10.1 Å². The summed E-state index contributed by atoms with van der Waals surface area (Å²) in [7, 11) is 0. The lowest BCUT2D eigenvalue weighted by Gasteiger charge is -2.24. The fraction of sp³-hybridized carbons (Fsp3) is 0.500. The van der Waals surface area contributed by atoms with E-state index < -0.39 is 0 Å². The van der Waals surface area contributed by atoms with Crippen molar-refractivity contribution in [3.05, 3.63) is 30.6 Å². The Labute approximate surface area is 142 Å². The summed E-state index contributed by atoms with van der Waals surface area (Å²) in [6, 6.07) is 1.67. The van der Waals surface area contributed by atoms with Crippen molar-refractivity contribution in [3.63, 3.8) is 0 Å². The Morgan fingerprint density at radius 1 is 1.14 bits per heavy atom. The van der Waals surface area contributed by atoms with Crippen LogP contribution in [-0.4, -0.2) is 59.5 Å². The predicted octanol–water partition coefficient (Wildman–Crippen LogP) is 0.887. The number of carbonyl (C=O) groups excluding carboxylic acids is 1. The van der Waals surface area contributed by atoms with Gasteiger partial charge in [0.05, 0.1) is 0 Å². The second kappa shape index (κ2) is 8.92. The topological polar surface area (TPSA) is 61.4 Å². The van der Waals surface area contributed by atoms with Gasteiger partial charge in [-0.1, -0.05) is 12.2 Å². The third-order valence-electron chi connectivity index (χ3n) is 3.69. The maximum absolute atomic E-state index is 12.4. The standard InChI is InChI=1S/C14H19N5O.2ClH/c20-13(12-4-1-5-15-12)18-8-3-9-19(11-10-18)14-16-6-2-7-17-14;;/h1-2,4,6-7,12,15H,3,5,8-11H2;2*1H. The van der Waals surface area contributed by atoms with Gasteiger partial charge in [-0.05, 0) is 12.5 Å². The molecule has 1 aromatic heterocycles. The summed E-state index contributed by atoms with van der Waals surface area (Å²) in [5.41, 5.74) is 0. The van der Waals surface area contributed by atoms with Crippen LogP contribution in [0.25, 0.3) is 0 Å². The van der Waals surface area contributed by atoms with Gasteiger partial charge in [0.25, 0.3) is 0 Å². The minimum Gasteiger partial charge on any atom is -0.339 e. The van der Waals surface area contributed by atoms with Crippen LogP contribution in [0.1, 0.15) is 6.42 Å². The van der Waals surface area contributed by atoms with Crippen LogP contribution in [0.15, 0.2) is 30.6 Å². The SMILES string of the molecule is Cl.Cl.O=C(C1C=CCN1)N1CCCN(c2ncccn2)CC1. The first-order chi connectivity index (χ1) is 9.84. The molecule has 1 aromatic rings. The molecule has 8 heteroatoms. The Bertz CT molecular complexity index is 499. The number of aromatic nitrogens is 2. The average Bonchev–Trinajstić information content (AvgIpc) is 2.92. The monoisotopic (exact) mass is 345 g/mol. The molecule has 22 heavy (non-hydrogen) atoms. The average molecular weight is 346 g/mol. The molecule has 6 nitrogen and oxygen atoms in total. The highest BCUT2D eigenvalue weighted by Crippen LogP contribution is 2.11. The fourth-order valence-electron chi connectivity index (χ4n) is 2.63. The molecule has 0 spiro atoms. The summed E-state index contributed by atoms with van der Waals surface area (Å²) in [4.78, 5) is 25.0. The first-order valence-corrected chi connectivity index (χ1v) is 7.05. The third-order valence-corrected chi connectivity index (χ3v) is 3.69. The number of halogens is 2. The molecular weight excluding hydrogens is 325 g/mol. The highest BCUT2D eigenvalue weighted by Gasteiger charge is 2.26. The van der Waals surface area contributed by atoms with E-state index in [1.807, 2.05) is 23.1 Å². The molecule has 1 unspecified atom stereocenters. The van der Waals surface area contributed by atoms with Gasteiger partial charge in [0.1, 0.15) is 6.04 Å². The van der Waals surface area contributed by atoms with Gasteiger partial charge >= 0.3 is 0 Å². The van der Waals surface area contributed by atoms with Crippen LogP contribution in [0.5, 0.6) is 0 Å². The molecule has 1 N–H and O–H groups in total. The van der Waals surface area contributed by atoms with Gasteiger partial charge < -0.3 is 9.80 Å². The van der Waals surface area contributed by atoms with Crippen LogP contribution >= 0.6 is 24.8 Å². The summed E-state index contributed by atoms with van der Waals surface area (Å²) in [6.07, 6.45) is 8.41. The van der Waals surface area contributed by atoms with Crippen LogP contribution in [-0.2, 0) is 4.79 Å². The van der Waals surface area contributed by atoms with Gasteiger partial charge in [0.15, 0.2) is 0 Å². The molecule has 3 rings (SSSR count). The number of amides is 1. The molecule has 1 amide bonds. The van der Waals surface area contributed by atoms with Crippen LogP contribution in [0, 0.1) is 0 Å². The molecule has 1 saturated heterocycles. The molecule has 1 fully saturated rings. The molecular formula is C14H21Cl2N5O. The third kappa shape index (κ3) is 4.32. The Morgan fingerprint density at radius 2 is 1.91 bits per heavy atom. The van der Waals surface area contributed by atoms with Crippen molar-refractivity contribution in [3.8, 4) is 0 Å². The minimum absolute atomic E-state index is 0.